The van der Waals surface area contributed by atoms with Gasteiger partial charge < -0.3 is 5.32 Å². The van der Waals surface area contributed by atoms with E-state index in [0.717, 1.165) is 25.7 Å². The fraction of sp³-hybridized carbons (Fsp3) is 0.400. The van der Waals surface area contributed by atoms with Gasteiger partial charge in [-0.1, -0.05) is 50.6 Å². The molecule has 1 aromatic heterocycles. The van der Waals surface area contributed by atoms with E-state index in [-0.39, 0.29) is 28.2 Å². The number of fused-ring (bicyclic) bond motifs is 1. The number of amides is 1. The van der Waals surface area contributed by atoms with Gasteiger partial charge in [0.2, 0.25) is 15.9 Å². The van der Waals surface area contributed by atoms with Crippen molar-refractivity contribution in [1.29, 1.82) is 0 Å². The van der Waals surface area contributed by atoms with E-state index >= 15 is 0 Å². The van der Waals surface area contributed by atoms with Crippen molar-refractivity contribution in [2.24, 2.45) is 0 Å². The van der Waals surface area contributed by atoms with Gasteiger partial charge in [-0.05, 0) is 49.2 Å². The molecule has 0 atom stereocenters. The standard InChI is InChI=1S/C25H30N4O4S2/c1-3-28(4-2)35(32,33)20-15-13-18(14-16-20)26-23(30)17-34-25-27-22-12-8-7-11-21(22)24(31)29(25)19-9-5-6-10-19/h7-8,11-16,19H,3-6,9-10,17H2,1-2H3,(H,26,30). The Morgan fingerprint density at radius 3 is 2.40 bits per heavy atom. The van der Waals surface area contributed by atoms with E-state index in [1.807, 2.05) is 18.2 Å². The van der Waals surface area contributed by atoms with Gasteiger partial charge in [0.25, 0.3) is 5.56 Å². The van der Waals surface area contributed by atoms with Gasteiger partial charge in [0.05, 0.1) is 21.6 Å². The van der Waals surface area contributed by atoms with Crippen molar-refractivity contribution >= 4 is 44.3 Å². The third kappa shape index (κ3) is 5.44. The summed E-state index contributed by atoms with van der Waals surface area (Å²) in [6.45, 7) is 4.38. The van der Waals surface area contributed by atoms with Gasteiger partial charge in [-0.3, -0.25) is 14.2 Å². The third-order valence-electron chi connectivity index (χ3n) is 6.28. The smallest absolute Gasteiger partial charge is 0.262 e. The van der Waals surface area contributed by atoms with Crippen LogP contribution in [0.25, 0.3) is 10.9 Å². The second-order valence-corrected chi connectivity index (χ2v) is 11.4. The lowest BCUT2D eigenvalue weighted by Crippen LogP contribution is -2.30. The highest BCUT2D eigenvalue weighted by atomic mass is 32.2. The van der Waals surface area contributed by atoms with E-state index in [1.54, 1.807) is 36.6 Å². The van der Waals surface area contributed by atoms with Gasteiger partial charge in [0.15, 0.2) is 5.16 Å². The van der Waals surface area contributed by atoms with E-state index in [0.29, 0.717) is 34.8 Å². The molecule has 0 radical (unpaired) electrons. The first-order valence-electron chi connectivity index (χ1n) is 11.9. The van der Waals surface area contributed by atoms with Gasteiger partial charge in [-0.15, -0.1) is 0 Å². The van der Waals surface area contributed by atoms with Crippen LogP contribution in [0.1, 0.15) is 45.6 Å². The molecule has 1 N–H and O–H groups in total. The quantitative estimate of drug-likeness (QED) is 0.338. The molecule has 0 saturated heterocycles. The summed E-state index contributed by atoms with van der Waals surface area (Å²) in [5, 5.41) is 3.95. The predicted molar refractivity (Wildman–Crippen MR) is 139 cm³/mol. The molecule has 3 aromatic rings. The summed E-state index contributed by atoms with van der Waals surface area (Å²) >= 11 is 1.24. The monoisotopic (exact) mass is 514 g/mol. The summed E-state index contributed by atoms with van der Waals surface area (Å²) in [6.07, 6.45) is 4.02. The van der Waals surface area contributed by atoms with Crippen molar-refractivity contribution in [2.75, 3.05) is 24.2 Å². The van der Waals surface area contributed by atoms with Crippen LogP contribution in [-0.2, 0) is 14.8 Å². The van der Waals surface area contributed by atoms with Crippen LogP contribution in [0.2, 0.25) is 0 Å². The number of anilines is 1. The minimum Gasteiger partial charge on any atom is -0.325 e. The van der Waals surface area contributed by atoms with Gasteiger partial charge in [0.1, 0.15) is 0 Å². The Morgan fingerprint density at radius 1 is 1.09 bits per heavy atom. The Kier molecular flexibility index (Phi) is 7.93. The Balaban J connectivity index is 1.49. The first-order chi connectivity index (χ1) is 16.8. The number of carbonyl (C=O) groups is 1. The van der Waals surface area contributed by atoms with Crippen molar-refractivity contribution < 1.29 is 13.2 Å². The number of thioether (sulfide) groups is 1. The molecule has 1 saturated carbocycles. The SMILES string of the molecule is CCN(CC)S(=O)(=O)c1ccc(NC(=O)CSc2nc3ccccc3c(=O)n2C2CCCC2)cc1. The summed E-state index contributed by atoms with van der Waals surface area (Å²) in [5.74, 6) is -0.175. The summed E-state index contributed by atoms with van der Waals surface area (Å²) in [5.41, 5.74) is 1.07. The minimum absolute atomic E-state index is 0.0598. The molecule has 1 aliphatic carbocycles. The topological polar surface area (TPSA) is 101 Å². The van der Waals surface area contributed by atoms with Gasteiger partial charge >= 0.3 is 0 Å². The molecule has 35 heavy (non-hydrogen) atoms. The lowest BCUT2D eigenvalue weighted by atomic mass is 10.2. The van der Waals surface area contributed by atoms with Gasteiger partial charge in [0, 0.05) is 24.8 Å². The largest absolute Gasteiger partial charge is 0.325 e. The maximum Gasteiger partial charge on any atom is 0.262 e. The van der Waals surface area contributed by atoms with Crippen LogP contribution < -0.4 is 10.9 Å². The van der Waals surface area contributed by atoms with Crippen LogP contribution in [0.5, 0.6) is 0 Å². The Bertz CT molecular complexity index is 1360. The van der Waals surface area contributed by atoms with E-state index in [2.05, 4.69) is 5.32 Å². The lowest BCUT2D eigenvalue weighted by Gasteiger charge is -2.19. The molecule has 4 rings (SSSR count). The lowest BCUT2D eigenvalue weighted by molar-refractivity contribution is -0.113. The molecule has 2 aromatic carbocycles. The molecular weight excluding hydrogens is 484 g/mol. The minimum atomic E-state index is -3.55. The second kappa shape index (κ2) is 10.9. The highest BCUT2D eigenvalue weighted by Crippen LogP contribution is 2.32. The average molecular weight is 515 g/mol. The number of hydrogen-bond acceptors (Lipinski definition) is 6. The predicted octanol–water partition coefficient (Wildman–Crippen LogP) is 4.27. The van der Waals surface area contributed by atoms with Crippen molar-refractivity contribution in [1.82, 2.24) is 13.9 Å². The number of rotatable bonds is 9. The molecule has 0 bridgehead atoms. The van der Waals surface area contributed by atoms with Gasteiger partial charge in [-0.2, -0.15) is 4.31 Å². The van der Waals surface area contributed by atoms with Crippen LogP contribution in [-0.4, -0.2) is 47.0 Å². The van der Waals surface area contributed by atoms with E-state index < -0.39 is 10.0 Å². The zero-order valence-electron chi connectivity index (χ0n) is 19.9. The van der Waals surface area contributed by atoms with Crippen LogP contribution >= 0.6 is 11.8 Å². The zero-order chi connectivity index (χ0) is 25.0. The van der Waals surface area contributed by atoms with E-state index in [4.69, 9.17) is 4.98 Å². The summed E-state index contributed by atoms with van der Waals surface area (Å²) in [7, 11) is -3.55. The second-order valence-electron chi connectivity index (χ2n) is 8.48. The fourth-order valence-corrected chi connectivity index (χ4v) is 6.79. The number of sulfonamides is 1. The molecule has 1 heterocycles. The third-order valence-corrected chi connectivity index (χ3v) is 9.30. The van der Waals surface area contributed by atoms with Crippen molar-refractivity contribution in [3.63, 3.8) is 0 Å². The molecule has 0 aliphatic heterocycles. The molecule has 8 nitrogen and oxygen atoms in total. The molecule has 0 unspecified atom stereocenters. The van der Waals surface area contributed by atoms with Crippen molar-refractivity contribution in [3.05, 3.63) is 58.9 Å². The highest BCUT2D eigenvalue weighted by molar-refractivity contribution is 7.99. The number of benzene rings is 2. The Morgan fingerprint density at radius 2 is 1.74 bits per heavy atom. The number of aromatic nitrogens is 2. The maximum atomic E-state index is 13.2. The normalized spacial score (nSPS) is 14.6. The first-order valence-corrected chi connectivity index (χ1v) is 14.3. The van der Waals surface area contributed by atoms with Crippen LogP contribution in [0.15, 0.2) is 63.4 Å². The molecule has 186 valence electrons. The zero-order valence-corrected chi connectivity index (χ0v) is 21.6. The molecular formula is C25H30N4O4S2. The van der Waals surface area contributed by atoms with Crippen LogP contribution in [0.4, 0.5) is 5.69 Å². The Labute approximate surface area is 209 Å². The molecule has 10 heteroatoms. The summed E-state index contributed by atoms with van der Waals surface area (Å²) < 4.78 is 28.4. The first kappa shape index (κ1) is 25.4. The van der Waals surface area contributed by atoms with Crippen LogP contribution in [0, 0.1) is 0 Å². The number of nitrogens with zero attached hydrogens (tertiary/aromatic N) is 3. The molecule has 1 aliphatic rings. The number of carbonyl (C=O) groups excluding carboxylic acids is 1. The maximum absolute atomic E-state index is 13.2. The Hall–Kier alpha value is -2.69. The molecule has 1 amide bonds. The van der Waals surface area contributed by atoms with Crippen molar-refractivity contribution in [3.8, 4) is 0 Å². The summed E-state index contributed by atoms with van der Waals surface area (Å²) in [4.78, 5) is 30.8. The van der Waals surface area contributed by atoms with E-state index in [1.165, 1.54) is 28.2 Å². The molecule has 0 spiro atoms. The van der Waals surface area contributed by atoms with Gasteiger partial charge in [-0.25, -0.2) is 13.4 Å². The van der Waals surface area contributed by atoms with Crippen LogP contribution in [0.3, 0.4) is 0 Å². The fourth-order valence-electron chi connectivity index (χ4n) is 4.46. The number of nitrogens with one attached hydrogen (secondary N) is 1. The average Bonchev–Trinajstić information content (AvgIpc) is 3.38. The van der Waals surface area contributed by atoms with Crippen molar-refractivity contribution in [2.45, 2.75) is 55.6 Å². The number of para-hydroxylation sites is 1. The molecule has 1 fully saturated rings. The number of hydrogen-bond donors (Lipinski definition) is 1. The highest BCUT2D eigenvalue weighted by Gasteiger charge is 2.24. The summed E-state index contributed by atoms with van der Waals surface area (Å²) in [6, 6.07) is 13.6. The van der Waals surface area contributed by atoms with E-state index in [9.17, 15) is 18.0 Å².